The molecule has 0 spiro atoms. The maximum absolute atomic E-state index is 11.6. The summed E-state index contributed by atoms with van der Waals surface area (Å²) in [6, 6.07) is -0.844. The number of hydrogen-bond donors (Lipinski definition) is 2. The third-order valence-corrected chi connectivity index (χ3v) is 2.44. The van der Waals surface area contributed by atoms with Crippen molar-refractivity contribution in [3.8, 4) is 0 Å². The number of carbonyl (C=O) groups excluding carboxylic acids is 2. The van der Waals surface area contributed by atoms with Crippen LogP contribution in [0.15, 0.2) is 5.03 Å². The number of aromatic nitrogens is 2. The van der Waals surface area contributed by atoms with E-state index < -0.39 is 12.0 Å². The van der Waals surface area contributed by atoms with Crippen molar-refractivity contribution in [3.63, 3.8) is 0 Å². The zero-order chi connectivity index (χ0) is 12.3. The van der Waals surface area contributed by atoms with Gasteiger partial charge in [-0.05, 0) is 13.2 Å². The lowest BCUT2D eigenvalue weighted by atomic mass is 10.3. The van der Waals surface area contributed by atoms with E-state index in [1.54, 1.807) is 13.2 Å². The summed E-state index contributed by atoms with van der Waals surface area (Å²) in [7, 11) is 0. The Bertz CT molecular complexity index is 429. The molecule has 0 aliphatic carbocycles. The molecule has 1 amide bonds. The lowest BCUT2D eigenvalue weighted by Gasteiger charge is -2.01. The number of anilines is 1. The van der Waals surface area contributed by atoms with E-state index in [0.717, 1.165) is 4.68 Å². The van der Waals surface area contributed by atoms with Crippen LogP contribution in [0, 0.1) is 0 Å². The molecule has 1 aromatic rings. The van der Waals surface area contributed by atoms with Crippen LogP contribution in [0.5, 0.6) is 0 Å². The van der Waals surface area contributed by atoms with Gasteiger partial charge in [0, 0.05) is 0 Å². The molecule has 0 aliphatic rings. The second kappa shape index (κ2) is 4.88. The highest BCUT2D eigenvalue weighted by Crippen LogP contribution is 2.25. The third-order valence-electron chi connectivity index (χ3n) is 1.77. The van der Waals surface area contributed by atoms with Crippen molar-refractivity contribution in [1.82, 2.24) is 9.78 Å². The standard InChI is InChI=1S/C8H12N4O3S/c1-3-15-7(13)4-5(9)12(8(10)14)11-6(4)16-2/h3,9H2,1-2H3,(H2,10,14). The van der Waals surface area contributed by atoms with Gasteiger partial charge in [-0.25, -0.2) is 9.59 Å². The topological polar surface area (TPSA) is 113 Å². The van der Waals surface area contributed by atoms with Crippen molar-refractivity contribution in [2.24, 2.45) is 5.73 Å². The van der Waals surface area contributed by atoms with E-state index in [4.69, 9.17) is 16.2 Å². The number of ether oxygens (including phenoxy) is 1. The Balaban J connectivity index is 3.25. The van der Waals surface area contributed by atoms with Crippen molar-refractivity contribution in [1.29, 1.82) is 0 Å². The minimum Gasteiger partial charge on any atom is -0.462 e. The third kappa shape index (κ3) is 2.11. The van der Waals surface area contributed by atoms with Crippen LogP contribution >= 0.6 is 11.8 Å². The molecule has 8 heteroatoms. The van der Waals surface area contributed by atoms with Gasteiger partial charge in [0.2, 0.25) is 0 Å². The van der Waals surface area contributed by atoms with E-state index in [0.29, 0.717) is 5.03 Å². The lowest BCUT2D eigenvalue weighted by molar-refractivity contribution is 0.0523. The molecular formula is C8H12N4O3S. The first kappa shape index (κ1) is 12.4. The molecule has 0 radical (unpaired) electrons. The molecule has 1 rings (SSSR count). The number of thioether (sulfide) groups is 1. The first-order chi connectivity index (χ1) is 7.52. The number of nitrogens with two attached hydrogens (primary N) is 2. The van der Waals surface area contributed by atoms with Crippen molar-refractivity contribution in [2.75, 3.05) is 18.6 Å². The monoisotopic (exact) mass is 244 g/mol. The summed E-state index contributed by atoms with van der Waals surface area (Å²) in [6.07, 6.45) is 1.70. The average Bonchev–Trinajstić information content (AvgIpc) is 2.55. The van der Waals surface area contributed by atoms with Gasteiger partial charge < -0.3 is 16.2 Å². The fraction of sp³-hybridized carbons (Fsp3) is 0.375. The molecule has 0 aliphatic heterocycles. The molecule has 7 nitrogen and oxygen atoms in total. The van der Waals surface area contributed by atoms with Crippen LogP contribution in [0.3, 0.4) is 0 Å². The molecule has 0 aromatic carbocycles. The zero-order valence-corrected chi connectivity index (χ0v) is 9.71. The highest BCUT2D eigenvalue weighted by atomic mass is 32.2. The summed E-state index contributed by atoms with van der Waals surface area (Å²) in [5.74, 6) is -0.716. The van der Waals surface area contributed by atoms with E-state index >= 15 is 0 Å². The fourth-order valence-electron chi connectivity index (χ4n) is 1.12. The number of amides is 1. The van der Waals surface area contributed by atoms with Crippen LogP contribution in [0.2, 0.25) is 0 Å². The van der Waals surface area contributed by atoms with E-state index in [2.05, 4.69) is 5.10 Å². The number of nitrogen functional groups attached to an aromatic ring is 1. The Labute approximate surface area is 96.1 Å². The van der Waals surface area contributed by atoms with Gasteiger partial charge in [-0.3, -0.25) is 0 Å². The van der Waals surface area contributed by atoms with Crippen LogP contribution in [-0.2, 0) is 4.74 Å². The van der Waals surface area contributed by atoms with Crippen molar-refractivity contribution >= 4 is 29.6 Å². The van der Waals surface area contributed by atoms with E-state index in [1.807, 2.05) is 0 Å². The molecule has 1 heterocycles. The highest BCUT2D eigenvalue weighted by molar-refractivity contribution is 7.98. The second-order valence-corrected chi connectivity index (χ2v) is 3.53. The number of esters is 1. The number of primary amides is 1. The molecule has 16 heavy (non-hydrogen) atoms. The molecule has 0 saturated carbocycles. The predicted octanol–water partition coefficient (Wildman–Crippen LogP) is 0.291. The fourth-order valence-corrected chi connectivity index (χ4v) is 1.67. The second-order valence-electron chi connectivity index (χ2n) is 2.74. The largest absolute Gasteiger partial charge is 0.462 e. The summed E-state index contributed by atoms with van der Waals surface area (Å²) in [6.45, 7) is 1.89. The molecule has 4 N–H and O–H groups in total. The number of rotatable bonds is 3. The van der Waals surface area contributed by atoms with Crippen molar-refractivity contribution < 1.29 is 14.3 Å². The van der Waals surface area contributed by atoms with Gasteiger partial charge in [-0.15, -0.1) is 11.8 Å². The number of carbonyl (C=O) groups is 2. The van der Waals surface area contributed by atoms with Crippen molar-refractivity contribution in [3.05, 3.63) is 5.56 Å². The summed E-state index contributed by atoms with van der Waals surface area (Å²) in [5.41, 5.74) is 10.7. The number of hydrogen-bond acceptors (Lipinski definition) is 6. The SMILES string of the molecule is CCOC(=O)c1c(SC)nn(C(N)=O)c1N. The minimum absolute atomic E-state index is 0.0770. The van der Waals surface area contributed by atoms with Gasteiger partial charge in [0.05, 0.1) is 6.61 Å². The summed E-state index contributed by atoms with van der Waals surface area (Å²) >= 11 is 1.18. The van der Waals surface area contributed by atoms with Crippen LogP contribution in [-0.4, -0.2) is 34.6 Å². The molecule has 88 valence electrons. The van der Waals surface area contributed by atoms with E-state index in [-0.39, 0.29) is 18.0 Å². The summed E-state index contributed by atoms with van der Waals surface area (Å²) in [5, 5.41) is 4.12. The Morgan fingerprint density at radius 2 is 2.19 bits per heavy atom. The molecule has 0 saturated heterocycles. The molecule has 0 atom stereocenters. The van der Waals surface area contributed by atoms with Gasteiger partial charge in [0.1, 0.15) is 16.4 Å². The minimum atomic E-state index is -0.844. The van der Waals surface area contributed by atoms with Crippen LogP contribution in [0.4, 0.5) is 10.6 Å². The number of nitrogens with zero attached hydrogens (tertiary/aromatic N) is 2. The van der Waals surface area contributed by atoms with Gasteiger partial charge >= 0.3 is 12.0 Å². The highest BCUT2D eigenvalue weighted by Gasteiger charge is 2.24. The van der Waals surface area contributed by atoms with Crippen molar-refractivity contribution in [2.45, 2.75) is 11.9 Å². The zero-order valence-electron chi connectivity index (χ0n) is 8.89. The van der Waals surface area contributed by atoms with Gasteiger partial charge in [-0.2, -0.15) is 9.78 Å². The van der Waals surface area contributed by atoms with Crippen LogP contribution in [0.25, 0.3) is 0 Å². The lowest BCUT2D eigenvalue weighted by Crippen LogP contribution is -2.23. The van der Waals surface area contributed by atoms with Gasteiger partial charge in [0.15, 0.2) is 0 Å². The maximum atomic E-state index is 11.6. The normalized spacial score (nSPS) is 10.1. The Morgan fingerprint density at radius 1 is 1.56 bits per heavy atom. The van der Waals surface area contributed by atoms with E-state index in [9.17, 15) is 9.59 Å². The van der Waals surface area contributed by atoms with E-state index in [1.165, 1.54) is 11.8 Å². The smallest absolute Gasteiger partial charge is 0.344 e. The van der Waals surface area contributed by atoms with Crippen LogP contribution < -0.4 is 11.5 Å². The first-order valence-corrected chi connectivity index (χ1v) is 5.64. The predicted molar refractivity (Wildman–Crippen MR) is 59.4 cm³/mol. The summed E-state index contributed by atoms with van der Waals surface area (Å²) < 4.78 is 5.58. The Kier molecular flexibility index (Phi) is 3.78. The maximum Gasteiger partial charge on any atom is 0.344 e. The Hall–Kier alpha value is -1.70. The molecule has 0 unspecified atom stereocenters. The molecule has 0 bridgehead atoms. The van der Waals surface area contributed by atoms with Gasteiger partial charge in [0.25, 0.3) is 0 Å². The van der Waals surface area contributed by atoms with Gasteiger partial charge in [-0.1, -0.05) is 0 Å². The Morgan fingerprint density at radius 3 is 2.62 bits per heavy atom. The molecule has 0 fully saturated rings. The molecular weight excluding hydrogens is 232 g/mol. The first-order valence-electron chi connectivity index (χ1n) is 4.42. The van der Waals surface area contributed by atoms with Crippen LogP contribution in [0.1, 0.15) is 17.3 Å². The summed E-state index contributed by atoms with van der Waals surface area (Å²) in [4.78, 5) is 22.5. The molecule has 1 aromatic heterocycles. The average molecular weight is 244 g/mol. The quantitative estimate of drug-likeness (QED) is 0.583.